The van der Waals surface area contributed by atoms with Gasteiger partial charge in [-0.1, -0.05) is 12.1 Å². The number of methoxy groups -OCH3 is 1. The maximum atomic E-state index is 5.00. The summed E-state index contributed by atoms with van der Waals surface area (Å²) < 4.78 is 5.00. The number of nitrogens with one attached hydrogen (secondary N) is 1. The molecule has 0 aliphatic rings. The van der Waals surface area contributed by atoms with Crippen LogP contribution in [0.25, 0.3) is 0 Å². The average Bonchev–Trinajstić information content (AvgIpc) is 2.34. The molecule has 0 aromatic heterocycles. The number of hydrogen-bond donors (Lipinski definition) is 1. The van der Waals surface area contributed by atoms with E-state index < -0.39 is 0 Å². The summed E-state index contributed by atoms with van der Waals surface area (Å²) in [6.07, 6.45) is 3.68. The van der Waals surface area contributed by atoms with Gasteiger partial charge in [0.15, 0.2) is 0 Å². The molecule has 0 unspecified atom stereocenters. The van der Waals surface area contributed by atoms with Crippen molar-refractivity contribution in [3.63, 3.8) is 0 Å². The van der Waals surface area contributed by atoms with Gasteiger partial charge in [-0.05, 0) is 68.8 Å². The Labute approximate surface area is 112 Å². The fraction of sp³-hybridized carbons (Fsp3) is 0.625. The lowest BCUT2D eigenvalue weighted by molar-refractivity contribution is 0.199. The van der Waals surface area contributed by atoms with Crippen molar-refractivity contribution < 1.29 is 4.74 Å². The predicted molar refractivity (Wildman–Crippen MR) is 78.3 cm³/mol. The lowest BCUT2D eigenvalue weighted by Gasteiger charge is -2.10. The second kappa shape index (κ2) is 8.28. The largest absolute Gasteiger partial charge is 0.383 e. The molecule has 0 amide bonds. The van der Waals surface area contributed by atoms with E-state index in [1.165, 1.54) is 41.5 Å². The van der Waals surface area contributed by atoms with Crippen LogP contribution in [0.1, 0.15) is 35.1 Å². The Hall–Kier alpha value is -0.860. The highest BCUT2D eigenvalue weighted by atomic mass is 16.5. The summed E-state index contributed by atoms with van der Waals surface area (Å²) in [5, 5.41) is 3.38. The van der Waals surface area contributed by atoms with E-state index in [9.17, 15) is 0 Å². The molecule has 2 heteroatoms. The molecular formula is C16H27NO. The van der Waals surface area contributed by atoms with Gasteiger partial charge in [0.2, 0.25) is 0 Å². The predicted octanol–water partition coefficient (Wildman–Crippen LogP) is 3.17. The van der Waals surface area contributed by atoms with E-state index in [0.29, 0.717) is 0 Å². The summed E-state index contributed by atoms with van der Waals surface area (Å²) in [5.41, 5.74) is 5.76. The van der Waals surface area contributed by atoms with Crippen LogP contribution in [0, 0.1) is 20.8 Å². The Morgan fingerprint density at radius 1 is 0.944 bits per heavy atom. The summed E-state index contributed by atoms with van der Waals surface area (Å²) in [4.78, 5) is 0. The molecule has 0 saturated carbocycles. The first-order valence-corrected chi connectivity index (χ1v) is 6.91. The molecule has 102 valence electrons. The summed E-state index contributed by atoms with van der Waals surface area (Å²) in [6, 6.07) is 4.66. The zero-order chi connectivity index (χ0) is 13.4. The molecule has 0 bridgehead atoms. The Balaban J connectivity index is 2.25. The van der Waals surface area contributed by atoms with E-state index in [4.69, 9.17) is 4.74 Å². The van der Waals surface area contributed by atoms with E-state index in [-0.39, 0.29) is 0 Å². The molecule has 18 heavy (non-hydrogen) atoms. The number of hydrogen-bond acceptors (Lipinski definition) is 2. The summed E-state index contributed by atoms with van der Waals surface area (Å²) in [7, 11) is 1.74. The molecule has 0 spiro atoms. The van der Waals surface area contributed by atoms with Crippen LogP contribution in [0.15, 0.2) is 12.1 Å². The molecule has 2 nitrogen and oxygen atoms in total. The van der Waals surface area contributed by atoms with Gasteiger partial charge in [0.25, 0.3) is 0 Å². The Kier molecular flexibility index (Phi) is 6.99. The molecule has 0 aliphatic carbocycles. The van der Waals surface area contributed by atoms with Gasteiger partial charge in [-0.2, -0.15) is 0 Å². The Morgan fingerprint density at radius 3 is 2.39 bits per heavy atom. The molecule has 1 N–H and O–H groups in total. The molecule has 0 aliphatic heterocycles. The van der Waals surface area contributed by atoms with Gasteiger partial charge in [-0.3, -0.25) is 0 Å². The average molecular weight is 249 g/mol. The van der Waals surface area contributed by atoms with Crippen molar-refractivity contribution in [2.24, 2.45) is 0 Å². The minimum atomic E-state index is 0.802. The van der Waals surface area contributed by atoms with E-state index in [2.05, 4.69) is 38.2 Å². The van der Waals surface area contributed by atoms with Crippen molar-refractivity contribution in [1.82, 2.24) is 5.32 Å². The smallest absolute Gasteiger partial charge is 0.0587 e. The molecule has 0 atom stereocenters. The number of aryl methyl sites for hydroxylation is 4. The SMILES string of the molecule is COCCNCCCCc1cc(C)c(C)cc1C. The zero-order valence-corrected chi connectivity index (χ0v) is 12.3. The molecule has 0 fully saturated rings. The minimum absolute atomic E-state index is 0.802. The van der Waals surface area contributed by atoms with Crippen molar-refractivity contribution >= 4 is 0 Å². The lowest BCUT2D eigenvalue weighted by Crippen LogP contribution is -2.20. The maximum absolute atomic E-state index is 5.00. The van der Waals surface area contributed by atoms with Crippen molar-refractivity contribution in [2.75, 3.05) is 26.8 Å². The summed E-state index contributed by atoms with van der Waals surface area (Å²) in [6.45, 7) is 9.46. The fourth-order valence-corrected chi connectivity index (χ4v) is 2.15. The van der Waals surface area contributed by atoms with E-state index in [1.54, 1.807) is 7.11 Å². The first kappa shape index (κ1) is 15.2. The van der Waals surface area contributed by atoms with E-state index in [1.807, 2.05) is 0 Å². The first-order chi connectivity index (χ1) is 8.65. The molecule has 1 aromatic rings. The van der Waals surface area contributed by atoms with Crippen LogP contribution in [0.5, 0.6) is 0 Å². The molecule has 1 aromatic carbocycles. The van der Waals surface area contributed by atoms with Crippen LogP contribution in [-0.2, 0) is 11.2 Å². The quantitative estimate of drug-likeness (QED) is 0.715. The highest BCUT2D eigenvalue weighted by Crippen LogP contribution is 2.17. The maximum Gasteiger partial charge on any atom is 0.0587 e. The highest BCUT2D eigenvalue weighted by molar-refractivity contribution is 5.36. The zero-order valence-electron chi connectivity index (χ0n) is 12.3. The third-order valence-corrected chi connectivity index (χ3v) is 3.48. The Bertz CT molecular complexity index is 360. The number of unbranched alkanes of at least 4 members (excludes halogenated alkanes) is 1. The van der Waals surface area contributed by atoms with Crippen molar-refractivity contribution in [1.29, 1.82) is 0 Å². The second-order valence-electron chi connectivity index (χ2n) is 5.06. The van der Waals surface area contributed by atoms with Gasteiger partial charge in [0.05, 0.1) is 6.61 Å². The van der Waals surface area contributed by atoms with Crippen LogP contribution in [-0.4, -0.2) is 26.8 Å². The first-order valence-electron chi connectivity index (χ1n) is 6.91. The van der Waals surface area contributed by atoms with E-state index in [0.717, 1.165) is 19.7 Å². The molecule has 0 radical (unpaired) electrons. The van der Waals surface area contributed by atoms with Crippen LogP contribution in [0.4, 0.5) is 0 Å². The van der Waals surface area contributed by atoms with Gasteiger partial charge in [-0.25, -0.2) is 0 Å². The Morgan fingerprint density at radius 2 is 1.67 bits per heavy atom. The van der Waals surface area contributed by atoms with Crippen molar-refractivity contribution in [3.8, 4) is 0 Å². The topological polar surface area (TPSA) is 21.3 Å². The third-order valence-electron chi connectivity index (χ3n) is 3.48. The summed E-state index contributed by atoms with van der Waals surface area (Å²) in [5.74, 6) is 0. The monoisotopic (exact) mass is 249 g/mol. The molecule has 1 rings (SSSR count). The lowest BCUT2D eigenvalue weighted by atomic mass is 9.97. The summed E-state index contributed by atoms with van der Waals surface area (Å²) >= 11 is 0. The standard InChI is InChI=1S/C16H27NO/c1-13-11-15(3)16(12-14(13)2)7-5-6-8-17-9-10-18-4/h11-12,17H,5-10H2,1-4H3. The van der Waals surface area contributed by atoms with Crippen LogP contribution >= 0.6 is 0 Å². The number of ether oxygens (including phenoxy) is 1. The van der Waals surface area contributed by atoms with Crippen LogP contribution in [0.2, 0.25) is 0 Å². The molecule has 0 saturated heterocycles. The third kappa shape index (κ3) is 5.19. The van der Waals surface area contributed by atoms with Gasteiger partial charge < -0.3 is 10.1 Å². The van der Waals surface area contributed by atoms with Gasteiger partial charge >= 0.3 is 0 Å². The number of rotatable bonds is 8. The van der Waals surface area contributed by atoms with Gasteiger partial charge in [0, 0.05) is 13.7 Å². The van der Waals surface area contributed by atoms with E-state index >= 15 is 0 Å². The number of benzene rings is 1. The highest BCUT2D eigenvalue weighted by Gasteiger charge is 2.01. The normalized spacial score (nSPS) is 10.9. The van der Waals surface area contributed by atoms with Crippen molar-refractivity contribution in [3.05, 3.63) is 34.4 Å². The molecule has 0 heterocycles. The fourth-order valence-electron chi connectivity index (χ4n) is 2.15. The van der Waals surface area contributed by atoms with Gasteiger partial charge in [0.1, 0.15) is 0 Å². The van der Waals surface area contributed by atoms with Crippen LogP contribution in [0.3, 0.4) is 0 Å². The molecular weight excluding hydrogens is 222 g/mol. The van der Waals surface area contributed by atoms with Gasteiger partial charge in [-0.15, -0.1) is 0 Å². The minimum Gasteiger partial charge on any atom is -0.383 e. The second-order valence-corrected chi connectivity index (χ2v) is 5.06. The van der Waals surface area contributed by atoms with Crippen LogP contribution < -0.4 is 5.32 Å². The van der Waals surface area contributed by atoms with Crippen molar-refractivity contribution in [2.45, 2.75) is 40.0 Å².